The van der Waals surface area contributed by atoms with Crippen LogP contribution in [0.15, 0.2) is 48.5 Å². The number of anilines is 1. The fraction of sp³-hybridized carbons (Fsp3) is 0.350. The number of aromatic carboxylic acids is 1. The lowest BCUT2D eigenvalue weighted by molar-refractivity contribution is 0.0698. The van der Waals surface area contributed by atoms with Gasteiger partial charge in [0.15, 0.2) is 0 Å². The molecule has 2 aromatic rings. The molecular formula is C20H25NO3. The minimum absolute atomic E-state index is 0.139. The fourth-order valence-electron chi connectivity index (χ4n) is 2.36. The van der Waals surface area contributed by atoms with Gasteiger partial charge in [-0.05, 0) is 41.7 Å². The third-order valence-electron chi connectivity index (χ3n) is 3.78. The maximum atomic E-state index is 11.1. The van der Waals surface area contributed by atoms with Crippen molar-refractivity contribution in [1.29, 1.82) is 0 Å². The molecule has 0 bridgehead atoms. The molecule has 128 valence electrons. The van der Waals surface area contributed by atoms with E-state index in [-0.39, 0.29) is 11.0 Å². The number of ether oxygens (including phenoxy) is 1. The van der Waals surface area contributed by atoms with Crippen LogP contribution in [0.1, 0.15) is 43.1 Å². The predicted molar refractivity (Wildman–Crippen MR) is 97.1 cm³/mol. The molecule has 0 fully saturated rings. The number of hydrogen-bond donors (Lipinski definition) is 2. The first-order valence-electron chi connectivity index (χ1n) is 8.17. The van der Waals surface area contributed by atoms with E-state index >= 15 is 0 Å². The maximum Gasteiger partial charge on any atom is 0.337 e. The quantitative estimate of drug-likeness (QED) is 0.732. The van der Waals surface area contributed by atoms with E-state index in [1.807, 2.05) is 18.2 Å². The molecule has 2 aromatic carbocycles. The zero-order valence-electron chi connectivity index (χ0n) is 14.5. The molecule has 4 heteroatoms. The Bertz CT molecular complexity index is 672. The lowest BCUT2D eigenvalue weighted by atomic mass is 9.87. The highest BCUT2D eigenvalue weighted by Gasteiger charge is 2.13. The van der Waals surface area contributed by atoms with Crippen molar-refractivity contribution in [3.05, 3.63) is 59.7 Å². The number of para-hydroxylation sites is 1. The molecule has 2 N–H and O–H groups in total. The van der Waals surface area contributed by atoms with Gasteiger partial charge >= 0.3 is 5.97 Å². The molecule has 0 aliphatic heterocycles. The molecule has 0 heterocycles. The molecule has 0 saturated heterocycles. The smallest absolute Gasteiger partial charge is 0.337 e. The molecule has 0 amide bonds. The summed E-state index contributed by atoms with van der Waals surface area (Å²) in [6.45, 7) is 7.79. The van der Waals surface area contributed by atoms with Crippen LogP contribution >= 0.6 is 0 Å². The van der Waals surface area contributed by atoms with Gasteiger partial charge in [-0.3, -0.25) is 0 Å². The number of carboxylic acids is 1. The average Bonchev–Trinajstić information content (AvgIpc) is 2.54. The fourth-order valence-corrected chi connectivity index (χ4v) is 2.36. The Kier molecular flexibility index (Phi) is 5.85. The van der Waals surface area contributed by atoms with Gasteiger partial charge in [0.05, 0.1) is 12.2 Å². The first-order chi connectivity index (χ1) is 11.4. The van der Waals surface area contributed by atoms with Crippen LogP contribution in [0, 0.1) is 0 Å². The summed E-state index contributed by atoms with van der Waals surface area (Å²) >= 11 is 0. The predicted octanol–water partition coefficient (Wildman–Crippen LogP) is 4.56. The molecule has 0 aromatic heterocycles. The van der Waals surface area contributed by atoms with E-state index in [0.717, 1.165) is 12.2 Å². The second kappa shape index (κ2) is 7.86. The third-order valence-corrected chi connectivity index (χ3v) is 3.78. The van der Waals surface area contributed by atoms with Crippen molar-refractivity contribution in [2.24, 2.45) is 0 Å². The molecular weight excluding hydrogens is 302 g/mol. The number of hydrogen-bond acceptors (Lipinski definition) is 3. The lowest BCUT2D eigenvalue weighted by Crippen LogP contribution is -2.11. The van der Waals surface area contributed by atoms with E-state index < -0.39 is 5.97 Å². The normalized spacial score (nSPS) is 11.1. The second-order valence-corrected chi connectivity index (χ2v) is 6.75. The summed E-state index contributed by atoms with van der Waals surface area (Å²) in [6, 6.07) is 15.1. The summed E-state index contributed by atoms with van der Waals surface area (Å²) in [5.41, 5.74) is 2.34. The monoisotopic (exact) mass is 327 g/mol. The Hall–Kier alpha value is -2.49. The number of benzene rings is 2. The minimum Gasteiger partial charge on any atom is -0.494 e. The summed E-state index contributed by atoms with van der Waals surface area (Å²) in [6.07, 6.45) is 0.787. The van der Waals surface area contributed by atoms with Crippen molar-refractivity contribution < 1.29 is 14.6 Å². The highest BCUT2D eigenvalue weighted by atomic mass is 16.5. The Labute approximate surface area is 143 Å². The van der Waals surface area contributed by atoms with Gasteiger partial charge in [0.25, 0.3) is 0 Å². The molecule has 24 heavy (non-hydrogen) atoms. The molecule has 0 aliphatic rings. The second-order valence-electron chi connectivity index (χ2n) is 6.75. The van der Waals surface area contributed by atoms with Crippen LogP contribution in [-0.2, 0) is 5.41 Å². The Morgan fingerprint density at radius 3 is 2.38 bits per heavy atom. The van der Waals surface area contributed by atoms with E-state index in [0.29, 0.717) is 18.8 Å². The van der Waals surface area contributed by atoms with E-state index in [2.05, 4.69) is 38.2 Å². The van der Waals surface area contributed by atoms with Crippen molar-refractivity contribution in [2.75, 3.05) is 18.5 Å². The summed E-state index contributed by atoms with van der Waals surface area (Å²) in [5, 5.41) is 12.3. The summed E-state index contributed by atoms with van der Waals surface area (Å²) < 4.78 is 5.73. The van der Waals surface area contributed by atoms with Crippen molar-refractivity contribution in [3.8, 4) is 5.75 Å². The Balaban J connectivity index is 1.77. The number of carboxylic acid groups (broad SMARTS) is 1. The van der Waals surface area contributed by atoms with Crippen molar-refractivity contribution >= 4 is 11.7 Å². The van der Waals surface area contributed by atoms with Gasteiger partial charge in [-0.2, -0.15) is 0 Å². The van der Waals surface area contributed by atoms with Gasteiger partial charge in [-0.15, -0.1) is 0 Å². The van der Waals surface area contributed by atoms with Crippen LogP contribution in [0.3, 0.4) is 0 Å². The van der Waals surface area contributed by atoms with E-state index in [1.165, 1.54) is 5.56 Å². The van der Waals surface area contributed by atoms with Crippen LogP contribution in [0.2, 0.25) is 0 Å². The largest absolute Gasteiger partial charge is 0.494 e. The standard InChI is InChI=1S/C20H25NO3/c1-20(2,3)15-9-11-16(12-10-15)24-14-6-13-21-18-8-5-4-7-17(18)19(22)23/h4-5,7-12,21H,6,13-14H2,1-3H3,(H,22,23). The average molecular weight is 327 g/mol. The summed E-state index contributed by atoms with van der Waals surface area (Å²) in [7, 11) is 0. The zero-order chi connectivity index (χ0) is 17.6. The van der Waals surface area contributed by atoms with Gasteiger partial charge in [0.2, 0.25) is 0 Å². The molecule has 0 unspecified atom stereocenters. The van der Waals surface area contributed by atoms with E-state index in [9.17, 15) is 4.79 Å². The van der Waals surface area contributed by atoms with Crippen LogP contribution in [-0.4, -0.2) is 24.2 Å². The number of carbonyl (C=O) groups is 1. The highest BCUT2D eigenvalue weighted by molar-refractivity contribution is 5.94. The number of rotatable bonds is 7. The molecule has 0 saturated carbocycles. The zero-order valence-corrected chi connectivity index (χ0v) is 14.5. The Morgan fingerprint density at radius 2 is 1.75 bits per heavy atom. The van der Waals surface area contributed by atoms with Crippen LogP contribution in [0.25, 0.3) is 0 Å². The molecule has 4 nitrogen and oxygen atoms in total. The van der Waals surface area contributed by atoms with Crippen molar-refractivity contribution in [2.45, 2.75) is 32.6 Å². The highest BCUT2D eigenvalue weighted by Crippen LogP contribution is 2.24. The maximum absolute atomic E-state index is 11.1. The summed E-state index contributed by atoms with van der Waals surface area (Å²) in [4.78, 5) is 11.1. The van der Waals surface area contributed by atoms with Crippen molar-refractivity contribution in [1.82, 2.24) is 0 Å². The molecule has 0 aliphatic carbocycles. The topological polar surface area (TPSA) is 58.6 Å². The van der Waals surface area contributed by atoms with Gasteiger partial charge < -0.3 is 15.2 Å². The molecule has 0 spiro atoms. The van der Waals surface area contributed by atoms with Gasteiger partial charge in [-0.1, -0.05) is 45.0 Å². The molecule has 2 rings (SSSR count). The van der Waals surface area contributed by atoms with Gasteiger partial charge in [0.1, 0.15) is 5.75 Å². The van der Waals surface area contributed by atoms with Crippen LogP contribution in [0.4, 0.5) is 5.69 Å². The van der Waals surface area contributed by atoms with Crippen LogP contribution in [0.5, 0.6) is 5.75 Å². The van der Waals surface area contributed by atoms with Gasteiger partial charge in [-0.25, -0.2) is 4.79 Å². The first kappa shape index (κ1) is 17.9. The third kappa shape index (κ3) is 5.01. The lowest BCUT2D eigenvalue weighted by Gasteiger charge is -2.19. The SMILES string of the molecule is CC(C)(C)c1ccc(OCCCNc2ccccc2C(=O)O)cc1. The molecule has 0 atom stereocenters. The Morgan fingerprint density at radius 1 is 1.08 bits per heavy atom. The number of nitrogens with one attached hydrogen (secondary N) is 1. The van der Waals surface area contributed by atoms with E-state index in [4.69, 9.17) is 9.84 Å². The molecule has 0 radical (unpaired) electrons. The van der Waals surface area contributed by atoms with Crippen LogP contribution < -0.4 is 10.1 Å². The van der Waals surface area contributed by atoms with E-state index in [1.54, 1.807) is 18.2 Å². The summed E-state index contributed by atoms with van der Waals surface area (Å²) in [5.74, 6) is -0.0674. The van der Waals surface area contributed by atoms with Crippen molar-refractivity contribution in [3.63, 3.8) is 0 Å². The minimum atomic E-state index is -0.923. The van der Waals surface area contributed by atoms with Gasteiger partial charge in [0, 0.05) is 12.2 Å². The first-order valence-corrected chi connectivity index (χ1v) is 8.17.